The summed E-state index contributed by atoms with van der Waals surface area (Å²) in [5.41, 5.74) is 3.94. The van der Waals surface area contributed by atoms with Crippen LogP contribution in [0.4, 0.5) is 0 Å². The van der Waals surface area contributed by atoms with E-state index in [-0.39, 0.29) is 0 Å². The highest BCUT2D eigenvalue weighted by Crippen LogP contribution is 2.32. The summed E-state index contributed by atoms with van der Waals surface area (Å²) in [5, 5.41) is 0. The van der Waals surface area contributed by atoms with E-state index in [2.05, 4.69) is 59.4 Å². The van der Waals surface area contributed by atoms with Crippen LogP contribution in [-0.2, 0) is 6.54 Å². The second-order valence-electron chi connectivity index (χ2n) is 5.91. The maximum atomic E-state index is 5.28. The standard InChI is InChI=1S/C18H22N2S/c1-14-11-16(12-19-18(14)21)17-9-5-6-10-20(17)13-15-7-3-2-4-8-15/h2-4,7-8,11-12,17H,5-6,9-10,13H2,1H3,(H,19,21)/t17-/m0/s1. The van der Waals surface area contributed by atoms with Crippen LogP contribution in [0, 0.1) is 11.6 Å². The number of H-pyrrole nitrogens is 1. The number of piperidine rings is 1. The Labute approximate surface area is 131 Å². The van der Waals surface area contributed by atoms with E-state index in [1.165, 1.54) is 42.5 Å². The molecule has 0 aliphatic carbocycles. The number of hydrogen-bond acceptors (Lipinski definition) is 2. The normalized spacial score (nSPS) is 19.6. The quantitative estimate of drug-likeness (QED) is 0.822. The van der Waals surface area contributed by atoms with Gasteiger partial charge in [-0.25, -0.2) is 0 Å². The van der Waals surface area contributed by atoms with Crippen LogP contribution in [0.2, 0.25) is 0 Å². The van der Waals surface area contributed by atoms with Gasteiger partial charge < -0.3 is 4.98 Å². The molecule has 0 spiro atoms. The summed E-state index contributed by atoms with van der Waals surface area (Å²) in [5.74, 6) is 0. The molecule has 3 heteroatoms. The molecule has 1 atom stereocenters. The second-order valence-corrected chi connectivity index (χ2v) is 6.32. The molecule has 0 unspecified atom stereocenters. The summed E-state index contributed by atoms with van der Waals surface area (Å²) < 4.78 is 0.851. The molecule has 0 amide bonds. The van der Waals surface area contributed by atoms with Crippen LogP contribution in [0.1, 0.15) is 42.0 Å². The van der Waals surface area contributed by atoms with E-state index in [4.69, 9.17) is 12.2 Å². The second kappa shape index (κ2) is 6.54. The molecule has 2 heterocycles. The highest BCUT2D eigenvalue weighted by molar-refractivity contribution is 7.71. The third kappa shape index (κ3) is 3.42. The van der Waals surface area contributed by atoms with Crippen LogP contribution in [-0.4, -0.2) is 16.4 Å². The highest BCUT2D eigenvalue weighted by atomic mass is 32.1. The summed E-state index contributed by atoms with van der Waals surface area (Å²) in [6.45, 7) is 4.29. The number of aromatic amines is 1. The number of pyridine rings is 1. The molecule has 1 N–H and O–H groups in total. The molecule has 1 aliphatic heterocycles. The Morgan fingerprint density at radius 2 is 2.05 bits per heavy atom. The maximum Gasteiger partial charge on any atom is 0.106 e. The molecular weight excluding hydrogens is 276 g/mol. The Kier molecular flexibility index (Phi) is 4.51. The summed E-state index contributed by atoms with van der Waals surface area (Å²) in [7, 11) is 0. The fourth-order valence-electron chi connectivity index (χ4n) is 3.19. The molecule has 1 aliphatic rings. The lowest BCUT2D eigenvalue weighted by Crippen LogP contribution is -2.33. The Morgan fingerprint density at radius 1 is 1.24 bits per heavy atom. The van der Waals surface area contributed by atoms with Crippen molar-refractivity contribution in [2.24, 2.45) is 0 Å². The monoisotopic (exact) mass is 298 g/mol. The van der Waals surface area contributed by atoms with E-state index in [1.54, 1.807) is 0 Å². The van der Waals surface area contributed by atoms with Crippen molar-refractivity contribution in [2.45, 2.75) is 38.8 Å². The van der Waals surface area contributed by atoms with Gasteiger partial charge in [0.2, 0.25) is 0 Å². The first kappa shape index (κ1) is 14.5. The van der Waals surface area contributed by atoms with Crippen molar-refractivity contribution in [1.82, 2.24) is 9.88 Å². The average Bonchev–Trinajstić information content (AvgIpc) is 2.52. The molecule has 3 rings (SSSR count). The molecule has 0 radical (unpaired) electrons. The number of nitrogens with one attached hydrogen (secondary N) is 1. The SMILES string of the molecule is Cc1cc([C@@H]2CCCCN2Cc2ccccc2)c[nH]c1=S. The largest absolute Gasteiger partial charge is 0.352 e. The van der Waals surface area contributed by atoms with Crippen molar-refractivity contribution in [2.75, 3.05) is 6.54 Å². The summed E-state index contributed by atoms with van der Waals surface area (Å²) in [6, 6.07) is 13.5. The van der Waals surface area contributed by atoms with Crippen LogP contribution < -0.4 is 0 Å². The first-order valence-electron chi connectivity index (χ1n) is 7.71. The number of aromatic nitrogens is 1. The topological polar surface area (TPSA) is 19.0 Å². The van der Waals surface area contributed by atoms with Gasteiger partial charge >= 0.3 is 0 Å². The molecule has 1 saturated heterocycles. The van der Waals surface area contributed by atoms with Gasteiger partial charge in [0.05, 0.1) is 0 Å². The molecule has 1 aromatic heterocycles. The van der Waals surface area contributed by atoms with Gasteiger partial charge in [-0.3, -0.25) is 4.90 Å². The molecule has 2 aromatic rings. The number of hydrogen-bond donors (Lipinski definition) is 1. The zero-order valence-corrected chi connectivity index (χ0v) is 13.3. The predicted molar refractivity (Wildman–Crippen MR) is 89.8 cm³/mol. The van der Waals surface area contributed by atoms with Crippen molar-refractivity contribution in [3.63, 3.8) is 0 Å². The molecule has 1 aromatic carbocycles. The van der Waals surface area contributed by atoms with Crippen LogP contribution in [0.25, 0.3) is 0 Å². The first-order valence-corrected chi connectivity index (χ1v) is 8.12. The Balaban J connectivity index is 1.84. The van der Waals surface area contributed by atoms with Gasteiger partial charge in [0, 0.05) is 18.8 Å². The fourth-order valence-corrected chi connectivity index (χ4v) is 3.31. The molecule has 0 bridgehead atoms. The van der Waals surface area contributed by atoms with E-state index in [0.29, 0.717) is 6.04 Å². The zero-order valence-electron chi connectivity index (χ0n) is 12.5. The van der Waals surface area contributed by atoms with Gasteiger partial charge in [0.1, 0.15) is 4.64 Å². The molecule has 2 nitrogen and oxygen atoms in total. The van der Waals surface area contributed by atoms with Crippen molar-refractivity contribution in [1.29, 1.82) is 0 Å². The number of aryl methyl sites for hydroxylation is 1. The van der Waals surface area contributed by atoms with Gasteiger partial charge in [-0.2, -0.15) is 0 Å². The lowest BCUT2D eigenvalue weighted by Gasteiger charge is -2.36. The van der Waals surface area contributed by atoms with Crippen LogP contribution in [0.15, 0.2) is 42.6 Å². The average molecular weight is 298 g/mol. The minimum atomic E-state index is 0.504. The molecule has 110 valence electrons. The number of likely N-dealkylation sites (tertiary alicyclic amines) is 1. The van der Waals surface area contributed by atoms with Crippen LogP contribution >= 0.6 is 12.2 Å². The van der Waals surface area contributed by atoms with Gasteiger partial charge in [-0.15, -0.1) is 0 Å². The van der Waals surface area contributed by atoms with Crippen LogP contribution in [0.5, 0.6) is 0 Å². The lowest BCUT2D eigenvalue weighted by molar-refractivity contribution is 0.140. The Morgan fingerprint density at radius 3 is 2.81 bits per heavy atom. The highest BCUT2D eigenvalue weighted by Gasteiger charge is 2.24. The minimum absolute atomic E-state index is 0.504. The zero-order chi connectivity index (χ0) is 14.7. The van der Waals surface area contributed by atoms with Crippen molar-refractivity contribution in [3.05, 3.63) is 63.9 Å². The lowest BCUT2D eigenvalue weighted by atomic mass is 9.95. The molecule has 21 heavy (non-hydrogen) atoms. The van der Waals surface area contributed by atoms with E-state index < -0.39 is 0 Å². The van der Waals surface area contributed by atoms with Gasteiger partial charge in [0.25, 0.3) is 0 Å². The van der Waals surface area contributed by atoms with Gasteiger partial charge in [-0.1, -0.05) is 55.0 Å². The minimum Gasteiger partial charge on any atom is -0.352 e. The maximum absolute atomic E-state index is 5.28. The Hall–Kier alpha value is -1.45. The van der Waals surface area contributed by atoms with E-state index >= 15 is 0 Å². The Bertz CT molecular complexity index is 648. The molecular formula is C18H22N2S. The smallest absolute Gasteiger partial charge is 0.106 e. The third-order valence-electron chi connectivity index (χ3n) is 4.34. The van der Waals surface area contributed by atoms with Gasteiger partial charge in [-0.05, 0) is 43.0 Å². The van der Waals surface area contributed by atoms with E-state index in [1.807, 2.05) is 0 Å². The molecule has 0 saturated carbocycles. The summed E-state index contributed by atoms with van der Waals surface area (Å²) in [4.78, 5) is 5.84. The van der Waals surface area contributed by atoms with E-state index in [0.717, 1.165) is 11.2 Å². The molecule has 1 fully saturated rings. The van der Waals surface area contributed by atoms with E-state index in [9.17, 15) is 0 Å². The summed E-state index contributed by atoms with van der Waals surface area (Å²) in [6.07, 6.45) is 5.94. The van der Waals surface area contributed by atoms with Crippen LogP contribution in [0.3, 0.4) is 0 Å². The van der Waals surface area contributed by atoms with Crippen molar-refractivity contribution < 1.29 is 0 Å². The predicted octanol–water partition coefficient (Wildman–Crippen LogP) is 4.78. The first-order chi connectivity index (χ1) is 10.2. The summed E-state index contributed by atoms with van der Waals surface area (Å²) >= 11 is 5.28. The third-order valence-corrected chi connectivity index (χ3v) is 4.78. The number of nitrogens with zero attached hydrogens (tertiary/aromatic N) is 1. The number of rotatable bonds is 3. The fraction of sp³-hybridized carbons (Fsp3) is 0.389. The number of benzene rings is 1. The van der Waals surface area contributed by atoms with Crippen molar-refractivity contribution >= 4 is 12.2 Å². The van der Waals surface area contributed by atoms with Crippen molar-refractivity contribution in [3.8, 4) is 0 Å². The van der Waals surface area contributed by atoms with Gasteiger partial charge in [0.15, 0.2) is 0 Å².